The van der Waals surface area contributed by atoms with Gasteiger partial charge in [-0.2, -0.15) is 4.98 Å². The number of aliphatic carboxylic acids is 1. The van der Waals surface area contributed by atoms with E-state index in [1.54, 1.807) is 0 Å². The van der Waals surface area contributed by atoms with Gasteiger partial charge in [0.25, 0.3) is 0 Å². The maximum atomic E-state index is 11.2. The third-order valence-corrected chi connectivity index (χ3v) is 4.99. The molecule has 3 rings (SSSR count). The van der Waals surface area contributed by atoms with Gasteiger partial charge in [0.1, 0.15) is 0 Å². The number of carboxylic acid groups (broad SMARTS) is 1. The zero-order valence-electron chi connectivity index (χ0n) is 15.9. The SMILES string of the molecule is CC(C)c1ccc(-c2noc(CN3CC(C)(C)CC3CC(=O)O)n2)cc1. The summed E-state index contributed by atoms with van der Waals surface area (Å²) in [7, 11) is 0. The molecule has 0 spiro atoms. The second kappa shape index (κ2) is 7.19. The number of aromatic nitrogens is 2. The zero-order chi connectivity index (χ0) is 18.9. The summed E-state index contributed by atoms with van der Waals surface area (Å²) in [6, 6.07) is 8.19. The van der Waals surface area contributed by atoms with Crippen molar-refractivity contribution in [3.8, 4) is 11.4 Å². The molecular formula is C20H27N3O3. The predicted octanol–water partition coefficient (Wildman–Crippen LogP) is 3.94. The molecule has 1 aromatic carbocycles. The Kier molecular flexibility index (Phi) is 5.14. The number of hydrogen-bond acceptors (Lipinski definition) is 5. The molecule has 0 bridgehead atoms. The molecule has 26 heavy (non-hydrogen) atoms. The first kappa shape index (κ1) is 18.6. The highest BCUT2D eigenvalue weighted by molar-refractivity contribution is 5.67. The summed E-state index contributed by atoms with van der Waals surface area (Å²) >= 11 is 0. The third-order valence-electron chi connectivity index (χ3n) is 4.99. The minimum atomic E-state index is -0.769. The van der Waals surface area contributed by atoms with Gasteiger partial charge in [-0.3, -0.25) is 9.69 Å². The van der Waals surface area contributed by atoms with Crippen LogP contribution in [-0.2, 0) is 11.3 Å². The minimum Gasteiger partial charge on any atom is -0.481 e. The van der Waals surface area contributed by atoms with Crippen molar-refractivity contribution in [1.29, 1.82) is 0 Å². The smallest absolute Gasteiger partial charge is 0.304 e. The van der Waals surface area contributed by atoms with E-state index in [0.29, 0.717) is 24.2 Å². The van der Waals surface area contributed by atoms with Gasteiger partial charge in [-0.25, -0.2) is 0 Å². The van der Waals surface area contributed by atoms with E-state index in [4.69, 9.17) is 9.63 Å². The monoisotopic (exact) mass is 357 g/mol. The fraction of sp³-hybridized carbons (Fsp3) is 0.550. The molecule has 1 aliphatic rings. The summed E-state index contributed by atoms with van der Waals surface area (Å²) in [5.74, 6) is 0.813. The summed E-state index contributed by atoms with van der Waals surface area (Å²) in [5, 5.41) is 13.3. The molecule has 6 heteroatoms. The first-order chi connectivity index (χ1) is 12.2. The molecule has 1 N–H and O–H groups in total. The lowest BCUT2D eigenvalue weighted by molar-refractivity contribution is -0.138. The Morgan fingerprint density at radius 1 is 1.35 bits per heavy atom. The zero-order valence-corrected chi connectivity index (χ0v) is 15.9. The van der Waals surface area contributed by atoms with E-state index in [1.807, 2.05) is 12.1 Å². The molecule has 6 nitrogen and oxygen atoms in total. The Hall–Kier alpha value is -2.21. The first-order valence-corrected chi connectivity index (χ1v) is 9.12. The summed E-state index contributed by atoms with van der Waals surface area (Å²) in [6.45, 7) is 9.96. The second-order valence-corrected chi connectivity index (χ2v) is 8.31. The highest BCUT2D eigenvalue weighted by atomic mass is 16.5. The largest absolute Gasteiger partial charge is 0.481 e. The number of benzene rings is 1. The van der Waals surface area contributed by atoms with Crippen molar-refractivity contribution < 1.29 is 14.4 Å². The summed E-state index contributed by atoms with van der Waals surface area (Å²) in [4.78, 5) is 17.8. The van der Waals surface area contributed by atoms with Gasteiger partial charge in [-0.05, 0) is 23.3 Å². The Labute approximate surface area is 154 Å². The molecule has 2 heterocycles. The van der Waals surface area contributed by atoms with Gasteiger partial charge in [0.2, 0.25) is 11.7 Å². The summed E-state index contributed by atoms with van der Waals surface area (Å²) < 4.78 is 5.43. The van der Waals surface area contributed by atoms with E-state index in [-0.39, 0.29) is 17.9 Å². The highest BCUT2D eigenvalue weighted by Crippen LogP contribution is 2.36. The Balaban J connectivity index is 1.72. The average Bonchev–Trinajstić information content (AvgIpc) is 3.11. The number of carboxylic acids is 1. The van der Waals surface area contributed by atoms with Crippen LogP contribution in [0.15, 0.2) is 28.8 Å². The molecule has 0 radical (unpaired) electrons. The fourth-order valence-electron chi connectivity index (χ4n) is 3.73. The lowest BCUT2D eigenvalue weighted by Crippen LogP contribution is -2.31. The van der Waals surface area contributed by atoms with Crippen LogP contribution < -0.4 is 0 Å². The average molecular weight is 357 g/mol. The van der Waals surface area contributed by atoms with E-state index in [0.717, 1.165) is 18.5 Å². The molecule has 0 aliphatic carbocycles. The van der Waals surface area contributed by atoms with E-state index >= 15 is 0 Å². The first-order valence-electron chi connectivity index (χ1n) is 9.12. The van der Waals surface area contributed by atoms with Crippen molar-refractivity contribution in [1.82, 2.24) is 15.0 Å². The Morgan fingerprint density at radius 3 is 2.65 bits per heavy atom. The molecular weight excluding hydrogens is 330 g/mol. The van der Waals surface area contributed by atoms with Crippen molar-refractivity contribution in [2.24, 2.45) is 5.41 Å². The molecule has 1 aromatic heterocycles. The van der Waals surface area contributed by atoms with Gasteiger partial charge in [-0.15, -0.1) is 0 Å². The van der Waals surface area contributed by atoms with Crippen LogP contribution in [0.4, 0.5) is 0 Å². The van der Waals surface area contributed by atoms with Crippen molar-refractivity contribution >= 4 is 5.97 Å². The molecule has 1 fully saturated rings. The number of likely N-dealkylation sites (tertiary alicyclic amines) is 1. The van der Waals surface area contributed by atoms with Crippen molar-refractivity contribution in [2.75, 3.05) is 6.54 Å². The van der Waals surface area contributed by atoms with Gasteiger partial charge in [-0.1, -0.05) is 57.1 Å². The molecule has 140 valence electrons. The van der Waals surface area contributed by atoms with Crippen molar-refractivity contribution in [3.63, 3.8) is 0 Å². The van der Waals surface area contributed by atoms with Crippen LogP contribution >= 0.6 is 0 Å². The van der Waals surface area contributed by atoms with Crippen LogP contribution in [0.3, 0.4) is 0 Å². The number of hydrogen-bond donors (Lipinski definition) is 1. The van der Waals surface area contributed by atoms with Gasteiger partial charge in [0.05, 0.1) is 13.0 Å². The van der Waals surface area contributed by atoms with Crippen LogP contribution in [-0.4, -0.2) is 38.7 Å². The summed E-state index contributed by atoms with van der Waals surface area (Å²) in [5.41, 5.74) is 2.29. The predicted molar refractivity (Wildman–Crippen MR) is 98.7 cm³/mol. The topological polar surface area (TPSA) is 79.5 Å². The molecule has 2 aromatic rings. The van der Waals surface area contributed by atoms with Crippen molar-refractivity contribution in [3.05, 3.63) is 35.7 Å². The lowest BCUT2D eigenvalue weighted by Gasteiger charge is -2.21. The standard InChI is InChI=1S/C20H27N3O3/c1-13(2)14-5-7-15(8-6-14)19-21-17(26-22-19)11-23-12-20(3,4)10-16(23)9-18(24)25/h5-8,13,16H,9-12H2,1-4H3,(H,24,25). The molecule has 1 unspecified atom stereocenters. The van der Waals surface area contributed by atoms with E-state index in [2.05, 4.69) is 54.9 Å². The van der Waals surface area contributed by atoms with Crippen LogP contribution in [0.25, 0.3) is 11.4 Å². The third kappa shape index (κ3) is 4.30. The highest BCUT2D eigenvalue weighted by Gasteiger charge is 2.38. The maximum Gasteiger partial charge on any atom is 0.304 e. The molecule has 0 amide bonds. The minimum absolute atomic E-state index is 0.00294. The van der Waals surface area contributed by atoms with E-state index in [1.165, 1.54) is 5.56 Å². The van der Waals surface area contributed by atoms with Crippen molar-refractivity contribution in [2.45, 2.75) is 59.0 Å². The number of carbonyl (C=O) groups is 1. The van der Waals surface area contributed by atoms with E-state index in [9.17, 15) is 4.79 Å². The quantitative estimate of drug-likeness (QED) is 0.844. The Bertz CT molecular complexity index is 765. The maximum absolute atomic E-state index is 11.2. The Morgan fingerprint density at radius 2 is 2.04 bits per heavy atom. The normalized spacial score (nSPS) is 20.0. The summed E-state index contributed by atoms with van der Waals surface area (Å²) in [6.07, 6.45) is 0.998. The second-order valence-electron chi connectivity index (χ2n) is 8.31. The van der Waals surface area contributed by atoms with Gasteiger partial charge in [0, 0.05) is 18.2 Å². The van der Waals surface area contributed by atoms with Gasteiger partial charge in [0.15, 0.2) is 0 Å². The van der Waals surface area contributed by atoms with E-state index < -0.39 is 5.97 Å². The molecule has 0 saturated carbocycles. The fourth-order valence-corrected chi connectivity index (χ4v) is 3.73. The number of nitrogens with zero attached hydrogens (tertiary/aromatic N) is 3. The van der Waals surface area contributed by atoms with Crippen LogP contribution in [0.1, 0.15) is 57.9 Å². The molecule has 1 aliphatic heterocycles. The number of rotatable bonds is 6. The van der Waals surface area contributed by atoms with Crippen LogP contribution in [0, 0.1) is 5.41 Å². The molecule has 1 atom stereocenters. The molecule has 1 saturated heterocycles. The van der Waals surface area contributed by atoms with Gasteiger partial charge >= 0.3 is 5.97 Å². The lowest BCUT2D eigenvalue weighted by atomic mass is 9.90. The van der Waals surface area contributed by atoms with Gasteiger partial charge < -0.3 is 9.63 Å². The van der Waals surface area contributed by atoms with Crippen LogP contribution in [0.2, 0.25) is 0 Å². The van der Waals surface area contributed by atoms with Crippen LogP contribution in [0.5, 0.6) is 0 Å².